The minimum atomic E-state index is 0.791. The maximum atomic E-state index is 5.24. The summed E-state index contributed by atoms with van der Waals surface area (Å²) >= 11 is 5.24. The summed E-state index contributed by atoms with van der Waals surface area (Å²) in [4.78, 5) is 3.10. The summed E-state index contributed by atoms with van der Waals surface area (Å²) in [6, 6.07) is 8.61. The van der Waals surface area contributed by atoms with Gasteiger partial charge in [-0.15, -0.1) is 0 Å². The molecule has 0 bridgehead atoms. The predicted octanol–water partition coefficient (Wildman–Crippen LogP) is 3.79. The van der Waals surface area contributed by atoms with Crippen LogP contribution >= 0.6 is 12.2 Å². The number of aromatic amines is 1. The van der Waals surface area contributed by atoms with Gasteiger partial charge >= 0.3 is 0 Å². The largest absolute Gasteiger partial charge is 0.337 e. The molecule has 0 aliphatic carbocycles. The molecule has 0 atom stereocenters. The summed E-state index contributed by atoms with van der Waals surface area (Å²) < 4.78 is 2.91. The van der Waals surface area contributed by atoms with E-state index < -0.39 is 0 Å². The van der Waals surface area contributed by atoms with Crippen molar-refractivity contribution >= 4 is 12.2 Å². The molecule has 0 aliphatic heterocycles. The highest BCUT2D eigenvalue weighted by molar-refractivity contribution is 7.71. The Morgan fingerprint density at radius 1 is 1.31 bits per heavy atom. The number of rotatable bonds is 3. The fourth-order valence-electron chi connectivity index (χ4n) is 1.90. The molecule has 16 heavy (non-hydrogen) atoms. The van der Waals surface area contributed by atoms with E-state index in [4.69, 9.17) is 12.2 Å². The van der Waals surface area contributed by atoms with E-state index in [1.54, 1.807) is 0 Å². The Balaban J connectivity index is 2.53. The quantitative estimate of drug-likeness (QED) is 0.798. The van der Waals surface area contributed by atoms with Gasteiger partial charge in [0.25, 0.3) is 0 Å². The lowest BCUT2D eigenvalue weighted by atomic mass is 10.1. The Morgan fingerprint density at radius 3 is 2.81 bits per heavy atom. The van der Waals surface area contributed by atoms with E-state index in [2.05, 4.69) is 47.7 Å². The number of nitrogens with zero attached hydrogens (tertiary/aromatic N) is 1. The number of nitrogens with one attached hydrogen (secondary N) is 1. The van der Waals surface area contributed by atoms with Crippen LogP contribution in [0, 0.1) is 4.77 Å². The first kappa shape index (κ1) is 11.1. The summed E-state index contributed by atoms with van der Waals surface area (Å²) in [5, 5.41) is 0. The van der Waals surface area contributed by atoms with Crippen LogP contribution in [0.2, 0.25) is 0 Å². The van der Waals surface area contributed by atoms with E-state index in [-0.39, 0.29) is 0 Å². The van der Waals surface area contributed by atoms with Crippen LogP contribution in [0.15, 0.2) is 30.5 Å². The highest BCUT2D eigenvalue weighted by Gasteiger charge is 2.05. The van der Waals surface area contributed by atoms with Crippen LogP contribution in [0.1, 0.15) is 19.4 Å². The van der Waals surface area contributed by atoms with Gasteiger partial charge in [-0.25, -0.2) is 0 Å². The summed E-state index contributed by atoms with van der Waals surface area (Å²) in [6.07, 6.45) is 3.05. The van der Waals surface area contributed by atoms with Gasteiger partial charge in [-0.1, -0.05) is 25.1 Å². The van der Waals surface area contributed by atoms with Crippen LogP contribution in [0.5, 0.6) is 0 Å². The van der Waals surface area contributed by atoms with Gasteiger partial charge in [0.1, 0.15) is 0 Å². The van der Waals surface area contributed by atoms with Gasteiger partial charge in [0.05, 0.1) is 5.69 Å². The lowest BCUT2D eigenvalue weighted by Crippen LogP contribution is -1.96. The molecule has 0 radical (unpaired) electrons. The van der Waals surface area contributed by atoms with Crippen molar-refractivity contribution in [2.75, 3.05) is 0 Å². The second-order valence-electron chi connectivity index (χ2n) is 3.78. The van der Waals surface area contributed by atoms with Gasteiger partial charge < -0.3 is 9.55 Å². The fraction of sp³-hybridized carbons (Fsp3) is 0.308. The van der Waals surface area contributed by atoms with Gasteiger partial charge in [0, 0.05) is 12.7 Å². The lowest BCUT2D eigenvalue weighted by molar-refractivity contribution is 0.756. The summed E-state index contributed by atoms with van der Waals surface area (Å²) in [6.45, 7) is 5.17. The van der Waals surface area contributed by atoms with Crippen molar-refractivity contribution in [2.45, 2.75) is 26.8 Å². The monoisotopic (exact) mass is 232 g/mol. The molecule has 0 saturated heterocycles. The van der Waals surface area contributed by atoms with Crippen molar-refractivity contribution in [3.8, 4) is 11.3 Å². The third kappa shape index (κ3) is 1.95. The molecule has 0 saturated carbocycles. The molecule has 1 heterocycles. The Hall–Kier alpha value is -1.35. The number of aryl methyl sites for hydroxylation is 1. The maximum absolute atomic E-state index is 5.24. The number of imidazole rings is 1. The van der Waals surface area contributed by atoms with Gasteiger partial charge in [0.15, 0.2) is 4.77 Å². The van der Waals surface area contributed by atoms with Gasteiger partial charge in [-0.3, -0.25) is 0 Å². The molecule has 0 aliphatic rings. The second kappa shape index (κ2) is 4.66. The van der Waals surface area contributed by atoms with Gasteiger partial charge in [0.2, 0.25) is 0 Å². The Labute approximate surface area is 101 Å². The fourth-order valence-corrected chi connectivity index (χ4v) is 2.19. The van der Waals surface area contributed by atoms with E-state index >= 15 is 0 Å². The molecular weight excluding hydrogens is 216 g/mol. The van der Waals surface area contributed by atoms with E-state index in [1.807, 2.05) is 6.20 Å². The van der Waals surface area contributed by atoms with Gasteiger partial charge in [-0.2, -0.15) is 0 Å². The molecule has 3 heteroatoms. The summed E-state index contributed by atoms with van der Waals surface area (Å²) in [7, 11) is 0. The van der Waals surface area contributed by atoms with Gasteiger partial charge in [-0.05, 0) is 42.8 Å². The average Bonchev–Trinajstić information content (AvgIpc) is 2.70. The molecule has 1 N–H and O–H groups in total. The molecule has 2 nitrogen and oxygen atoms in total. The topological polar surface area (TPSA) is 20.7 Å². The molecule has 2 rings (SSSR count). The standard InChI is InChI=1S/C13H16N2S/c1-3-10-6-5-7-11(8-10)12-9-14-13(16)15(12)4-2/h5-9H,3-4H2,1-2H3,(H,14,16). The van der Waals surface area contributed by atoms with Crippen LogP contribution in [-0.4, -0.2) is 9.55 Å². The Kier molecular flexibility index (Phi) is 3.25. The number of hydrogen-bond donors (Lipinski definition) is 1. The first-order chi connectivity index (χ1) is 7.76. The highest BCUT2D eigenvalue weighted by Crippen LogP contribution is 2.21. The molecule has 0 amide bonds. The predicted molar refractivity (Wildman–Crippen MR) is 70.1 cm³/mol. The zero-order valence-corrected chi connectivity index (χ0v) is 10.5. The molecular formula is C13H16N2S. The normalized spacial score (nSPS) is 10.6. The van der Waals surface area contributed by atoms with Crippen molar-refractivity contribution in [1.29, 1.82) is 0 Å². The molecule has 84 valence electrons. The zero-order chi connectivity index (χ0) is 11.5. The van der Waals surface area contributed by atoms with E-state index in [9.17, 15) is 0 Å². The van der Waals surface area contributed by atoms with Crippen LogP contribution in [0.3, 0.4) is 0 Å². The number of aromatic nitrogens is 2. The molecule has 0 unspecified atom stereocenters. The SMILES string of the molecule is CCc1cccc(-c2c[nH]c(=S)n2CC)c1. The Bertz CT molecular complexity index is 537. The third-order valence-corrected chi connectivity index (χ3v) is 3.15. The second-order valence-corrected chi connectivity index (χ2v) is 4.16. The van der Waals surface area contributed by atoms with E-state index in [0.717, 1.165) is 17.7 Å². The molecule has 1 aromatic heterocycles. The van der Waals surface area contributed by atoms with Crippen LogP contribution < -0.4 is 0 Å². The molecule has 2 aromatic rings. The van der Waals surface area contributed by atoms with Crippen LogP contribution in [-0.2, 0) is 13.0 Å². The first-order valence-electron chi connectivity index (χ1n) is 5.63. The molecule has 0 fully saturated rings. The summed E-state index contributed by atoms with van der Waals surface area (Å²) in [5.74, 6) is 0. The number of hydrogen-bond acceptors (Lipinski definition) is 1. The zero-order valence-electron chi connectivity index (χ0n) is 9.66. The van der Waals surface area contributed by atoms with Crippen molar-refractivity contribution in [1.82, 2.24) is 9.55 Å². The van der Waals surface area contributed by atoms with Crippen molar-refractivity contribution < 1.29 is 0 Å². The van der Waals surface area contributed by atoms with E-state index in [1.165, 1.54) is 16.8 Å². The van der Waals surface area contributed by atoms with Crippen molar-refractivity contribution in [3.05, 3.63) is 40.8 Å². The third-order valence-electron chi connectivity index (χ3n) is 2.82. The minimum Gasteiger partial charge on any atom is -0.337 e. The number of benzene rings is 1. The average molecular weight is 232 g/mol. The van der Waals surface area contributed by atoms with Crippen molar-refractivity contribution in [3.63, 3.8) is 0 Å². The molecule has 0 spiro atoms. The smallest absolute Gasteiger partial charge is 0.177 e. The van der Waals surface area contributed by atoms with Crippen molar-refractivity contribution in [2.24, 2.45) is 0 Å². The summed E-state index contributed by atoms with van der Waals surface area (Å²) in [5.41, 5.74) is 3.75. The van der Waals surface area contributed by atoms with E-state index in [0.29, 0.717) is 0 Å². The molecule has 1 aromatic carbocycles. The minimum absolute atomic E-state index is 0.791. The van der Waals surface area contributed by atoms with Crippen LogP contribution in [0.25, 0.3) is 11.3 Å². The number of H-pyrrole nitrogens is 1. The maximum Gasteiger partial charge on any atom is 0.177 e. The lowest BCUT2D eigenvalue weighted by Gasteiger charge is -2.06. The van der Waals surface area contributed by atoms with Crippen LogP contribution in [0.4, 0.5) is 0 Å². The first-order valence-corrected chi connectivity index (χ1v) is 6.04. The highest BCUT2D eigenvalue weighted by atomic mass is 32.1. The Morgan fingerprint density at radius 2 is 2.12 bits per heavy atom.